The van der Waals surface area contributed by atoms with Gasteiger partial charge in [-0.05, 0) is 18.2 Å². The minimum absolute atomic E-state index is 0.0163. The Labute approximate surface area is 126 Å². The van der Waals surface area contributed by atoms with Crippen molar-refractivity contribution < 1.29 is 18.0 Å². The molecular weight excluding hydrogens is 329 g/mol. The van der Waals surface area contributed by atoms with Gasteiger partial charge >= 0.3 is 12.1 Å². The molecule has 0 radical (unpaired) electrons. The van der Waals surface area contributed by atoms with Gasteiger partial charge in [-0.3, -0.25) is 15.2 Å². The summed E-state index contributed by atoms with van der Waals surface area (Å²) in [7, 11) is 1.21. The van der Waals surface area contributed by atoms with Gasteiger partial charge in [0.1, 0.15) is 4.64 Å². The van der Waals surface area contributed by atoms with E-state index in [2.05, 4.69) is 9.97 Å². The van der Waals surface area contributed by atoms with Crippen molar-refractivity contribution in [3.05, 3.63) is 27.9 Å². The Morgan fingerprint density at radius 2 is 2.14 bits per heavy atom. The van der Waals surface area contributed by atoms with Gasteiger partial charge in [0.15, 0.2) is 5.82 Å². The van der Waals surface area contributed by atoms with Crippen molar-refractivity contribution in [3.63, 3.8) is 0 Å². The minimum atomic E-state index is -5.00. The lowest BCUT2D eigenvalue weighted by atomic mass is 10.3. The molecule has 2 N–H and O–H groups in total. The summed E-state index contributed by atoms with van der Waals surface area (Å²) < 4.78 is 36.7. The topological polar surface area (TPSA) is 61.0 Å². The molecule has 112 valence electrons. The fourth-order valence-electron chi connectivity index (χ4n) is 1.54. The molecule has 0 aliphatic rings. The van der Waals surface area contributed by atoms with Gasteiger partial charge in [0.2, 0.25) is 0 Å². The van der Waals surface area contributed by atoms with E-state index in [1.165, 1.54) is 7.05 Å². The molecular formula is C11H8ClF3N4OS. The molecule has 0 atom stereocenters. The zero-order valence-corrected chi connectivity index (χ0v) is 12.0. The van der Waals surface area contributed by atoms with Crippen LogP contribution in [0.3, 0.4) is 0 Å². The van der Waals surface area contributed by atoms with Crippen LogP contribution >= 0.6 is 23.8 Å². The Balaban J connectivity index is 2.38. The van der Waals surface area contributed by atoms with E-state index >= 15 is 0 Å². The second-order valence-electron chi connectivity index (χ2n) is 4.05. The van der Waals surface area contributed by atoms with Crippen molar-refractivity contribution >= 4 is 46.6 Å². The van der Waals surface area contributed by atoms with Crippen LogP contribution in [0.4, 0.5) is 19.0 Å². The number of anilines is 1. The summed E-state index contributed by atoms with van der Waals surface area (Å²) in [6.07, 6.45) is -5.00. The highest BCUT2D eigenvalue weighted by atomic mass is 35.5. The van der Waals surface area contributed by atoms with Gasteiger partial charge in [-0.1, -0.05) is 23.8 Å². The van der Waals surface area contributed by atoms with Gasteiger partial charge in [0, 0.05) is 12.1 Å². The summed E-state index contributed by atoms with van der Waals surface area (Å²) in [6, 6.07) is 4.73. The Morgan fingerprint density at radius 1 is 1.48 bits per heavy atom. The lowest BCUT2D eigenvalue weighted by Crippen LogP contribution is -2.46. The molecule has 0 spiro atoms. The average molecular weight is 337 g/mol. The quantitative estimate of drug-likeness (QED) is 0.654. The Bertz CT molecular complexity index is 761. The number of nitrogens with zero attached hydrogens (tertiary/aromatic N) is 2. The lowest BCUT2D eigenvalue weighted by molar-refractivity contribution is -0.173. The van der Waals surface area contributed by atoms with Gasteiger partial charge in [-0.15, -0.1) is 0 Å². The van der Waals surface area contributed by atoms with Crippen LogP contribution in [-0.2, 0) is 4.79 Å². The first kappa shape index (κ1) is 15.5. The molecule has 1 amide bonds. The summed E-state index contributed by atoms with van der Waals surface area (Å²) in [6.45, 7) is 0. The van der Waals surface area contributed by atoms with Crippen molar-refractivity contribution in [2.24, 2.45) is 0 Å². The third-order valence-corrected chi connectivity index (χ3v) is 3.00. The normalized spacial score (nSPS) is 11.5. The molecule has 0 saturated carbocycles. The van der Waals surface area contributed by atoms with E-state index in [0.717, 1.165) is 5.01 Å². The lowest BCUT2D eigenvalue weighted by Gasteiger charge is -2.20. The Morgan fingerprint density at radius 3 is 2.76 bits per heavy atom. The molecule has 0 aliphatic carbocycles. The number of halogens is 4. The van der Waals surface area contributed by atoms with Crippen LogP contribution < -0.4 is 10.4 Å². The Hall–Kier alpha value is -1.87. The van der Waals surface area contributed by atoms with E-state index in [0.29, 0.717) is 16.1 Å². The number of alkyl halides is 3. The monoisotopic (exact) mass is 336 g/mol. The largest absolute Gasteiger partial charge is 0.472 e. The van der Waals surface area contributed by atoms with Crippen molar-refractivity contribution in [2.75, 3.05) is 12.1 Å². The first-order valence-corrected chi connectivity index (χ1v) is 6.28. The van der Waals surface area contributed by atoms with Crippen LogP contribution in [0.25, 0.3) is 11.0 Å². The van der Waals surface area contributed by atoms with E-state index in [4.69, 9.17) is 23.8 Å². The molecule has 0 bridgehead atoms. The number of H-pyrrole nitrogens is 1. The highest BCUT2D eigenvalue weighted by molar-refractivity contribution is 7.71. The maximum atomic E-state index is 12.2. The van der Waals surface area contributed by atoms with Crippen LogP contribution in [0, 0.1) is 4.64 Å². The zero-order valence-electron chi connectivity index (χ0n) is 10.5. The molecule has 1 aromatic heterocycles. The number of hydrogen-bond acceptors (Lipinski definition) is 4. The van der Waals surface area contributed by atoms with Crippen molar-refractivity contribution in [3.8, 4) is 0 Å². The molecule has 0 unspecified atom stereocenters. The van der Waals surface area contributed by atoms with E-state index < -0.39 is 12.1 Å². The molecule has 0 aliphatic heterocycles. The zero-order chi connectivity index (χ0) is 15.8. The molecule has 0 fully saturated rings. The molecule has 1 heterocycles. The number of benzene rings is 1. The van der Waals surface area contributed by atoms with E-state index in [1.807, 2.05) is 0 Å². The van der Waals surface area contributed by atoms with E-state index in [9.17, 15) is 18.0 Å². The standard InChI is InChI=1S/C11H8ClF3N4OS/c1-19(18-10(20)11(13,14)15)8-9(21)17-7-4-5(12)2-3-6(7)16-8/h2-4H,1H3,(H,17,21)(H,18,20). The molecule has 5 nitrogen and oxygen atoms in total. The third kappa shape index (κ3) is 3.42. The van der Waals surface area contributed by atoms with Crippen molar-refractivity contribution in [1.82, 2.24) is 15.4 Å². The van der Waals surface area contributed by atoms with E-state index in [-0.39, 0.29) is 10.5 Å². The summed E-state index contributed by atoms with van der Waals surface area (Å²) in [5.41, 5.74) is 2.62. The van der Waals surface area contributed by atoms with Gasteiger partial charge in [0.25, 0.3) is 0 Å². The van der Waals surface area contributed by atoms with Crippen LogP contribution in [-0.4, -0.2) is 29.1 Å². The fraction of sp³-hybridized carbons (Fsp3) is 0.182. The third-order valence-electron chi connectivity index (χ3n) is 2.48. The number of carbonyl (C=O) groups excluding carboxylic acids is 1. The second kappa shape index (κ2) is 5.49. The number of amides is 1. The summed E-state index contributed by atoms with van der Waals surface area (Å²) in [5, 5.41) is 1.27. The molecule has 21 heavy (non-hydrogen) atoms. The van der Waals surface area contributed by atoms with Crippen LogP contribution in [0.5, 0.6) is 0 Å². The number of nitrogens with one attached hydrogen (secondary N) is 2. The smallest absolute Gasteiger partial charge is 0.342 e. The fourth-order valence-corrected chi connectivity index (χ4v) is 2.01. The first-order valence-electron chi connectivity index (χ1n) is 5.49. The van der Waals surface area contributed by atoms with Gasteiger partial charge < -0.3 is 4.98 Å². The number of aromatic amines is 1. The molecule has 2 aromatic rings. The van der Waals surface area contributed by atoms with Crippen LogP contribution in [0.15, 0.2) is 18.2 Å². The van der Waals surface area contributed by atoms with Crippen molar-refractivity contribution in [1.29, 1.82) is 0 Å². The average Bonchev–Trinajstić information content (AvgIpc) is 2.36. The van der Waals surface area contributed by atoms with Gasteiger partial charge in [-0.2, -0.15) is 13.2 Å². The van der Waals surface area contributed by atoms with Crippen LogP contribution in [0.1, 0.15) is 0 Å². The SMILES string of the molecule is CN(NC(=O)C(F)(F)F)c1nc2ccc(Cl)cc2[nH]c1=S. The summed E-state index contributed by atoms with van der Waals surface area (Å²) in [5.74, 6) is -2.13. The minimum Gasteiger partial charge on any atom is -0.342 e. The molecule has 1 aromatic carbocycles. The number of hydrogen-bond donors (Lipinski definition) is 2. The number of rotatable bonds is 2. The predicted octanol–water partition coefficient (Wildman–Crippen LogP) is 2.98. The number of carbonyl (C=O) groups is 1. The van der Waals surface area contributed by atoms with Crippen molar-refractivity contribution in [2.45, 2.75) is 6.18 Å². The second-order valence-corrected chi connectivity index (χ2v) is 4.89. The highest BCUT2D eigenvalue weighted by Gasteiger charge is 2.39. The Kier molecular flexibility index (Phi) is 4.06. The number of fused-ring (bicyclic) bond motifs is 1. The molecule has 2 rings (SSSR count). The van der Waals surface area contributed by atoms with Crippen LogP contribution in [0.2, 0.25) is 5.02 Å². The maximum absolute atomic E-state index is 12.2. The maximum Gasteiger partial charge on any atom is 0.472 e. The molecule has 0 saturated heterocycles. The van der Waals surface area contributed by atoms with Gasteiger partial charge in [0.05, 0.1) is 11.0 Å². The predicted molar refractivity (Wildman–Crippen MR) is 74.5 cm³/mol. The van der Waals surface area contributed by atoms with Gasteiger partial charge in [-0.25, -0.2) is 4.98 Å². The number of aromatic nitrogens is 2. The highest BCUT2D eigenvalue weighted by Crippen LogP contribution is 2.20. The number of hydrazine groups is 1. The van der Waals surface area contributed by atoms with E-state index in [1.54, 1.807) is 23.6 Å². The summed E-state index contributed by atoms with van der Waals surface area (Å²) >= 11 is 10.8. The first-order chi connectivity index (χ1) is 9.68. The summed E-state index contributed by atoms with van der Waals surface area (Å²) in [4.78, 5) is 17.8. The molecule has 10 heteroatoms.